The van der Waals surface area contributed by atoms with Crippen LogP contribution in [0.1, 0.15) is 84.2 Å². The van der Waals surface area contributed by atoms with Gasteiger partial charge in [-0.15, -0.1) is 0 Å². The molecule has 2 aliphatic heterocycles. The van der Waals surface area contributed by atoms with Gasteiger partial charge in [-0.25, -0.2) is 68.5 Å². The number of H-pyrrole nitrogens is 1. The number of halogens is 4. The fourth-order valence-corrected chi connectivity index (χ4v) is 15.3. The lowest BCUT2D eigenvalue weighted by Gasteiger charge is -2.21. The lowest BCUT2D eigenvalue weighted by Crippen LogP contribution is -2.33. The number of nitrogens with zero attached hydrogens (tertiary/aromatic N) is 9. The number of carbonyl (C=O) groups excluding carboxylic acids is 10. The quantitative estimate of drug-likeness (QED) is 0.0118. The number of aromatic amines is 1. The van der Waals surface area contributed by atoms with Crippen molar-refractivity contribution in [3.8, 4) is 11.3 Å². The summed E-state index contributed by atoms with van der Waals surface area (Å²) in [5, 5.41) is 28.6. The molecule has 1 saturated heterocycles. The predicted molar refractivity (Wildman–Crippen MR) is 585 cm³/mol. The summed E-state index contributed by atoms with van der Waals surface area (Å²) in [6, 6.07) is 95.9. The number of piperidine rings is 1. The second kappa shape index (κ2) is 59.5. The number of ketones is 3. The smallest absolute Gasteiger partial charge is 0.419 e. The SMILES string of the molecule is Brc1cccc2ccc(Nc3ccccc3)nc12.C=C(C)OCC.CC(=O)O.CCO.COC(=O)Cl.COC(=O)N(c1ccccc1)c1ccc2cccc(-c3cc4c([nH]3)CCNC4=O)c2n1.COC(=O)N(c1ccccc1)c1ccc2cccc(Br)c2n1.COC(=O)N(c1ccccc1)c1ccc2cccc(C(=O)CBr)c2n1.COC(=O)N(c1ccccc1)c1ccc2cccc(C(C)=O)c2n1.N.O=C1CCNC(=O)C1. The Morgan fingerprint density at radius 3 is 1.14 bits per heavy atom. The number of Topliss-reactive ketones (excluding diaryl/α,β-unsaturated/α-hetero) is 3. The van der Waals surface area contributed by atoms with E-state index in [1.165, 1.54) is 62.1 Å². The van der Waals surface area contributed by atoms with Gasteiger partial charge in [0.1, 0.15) is 34.9 Å². The molecule has 10 aromatic carbocycles. The third-order valence-corrected chi connectivity index (χ3v) is 22.4. The first-order valence-electron chi connectivity index (χ1n) is 45.0. The number of benzene rings is 10. The van der Waals surface area contributed by atoms with Crippen molar-refractivity contribution in [3.63, 3.8) is 0 Å². The number of carbonyl (C=O) groups is 11. The molecule has 18 rings (SSSR count). The summed E-state index contributed by atoms with van der Waals surface area (Å²) >= 11 is 14.8. The number of aliphatic carboxylic acids is 1. The molecular weight excluding hydrogens is 2100 g/mol. The number of anilines is 10. The van der Waals surface area contributed by atoms with Gasteiger partial charge in [0, 0.05) is 121 Å². The van der Waals surface area contributed by atoms with E-state index in [-0.39, 0.29) is 53.7 Å². The Balaban J connectivity index is 0.000000212. The number of hydrogen-bond acceptors (Lipinski definition) is 25. The summed E-state index contributed by atoms with van der Waals surface area (Å²) < 4.78 is 30.3. The molecule has 760 valence electrons. The standard InChI is InChI=1S/C24H20N4O3.C19H15BrN2O3.C19H16N2O3.C17H13BrN2O2.C15H11BrN2.C5H7NO2.C5H10O.C2H3ClO2.C2H4O2.C2H6O.H3N/c1-31-24(30)28(16-7-3-2-4-8-16)21-11-10-15-6-5-9-17(22(15)27-21)20-14-18-19(26-20)12-13-25-23(18)29;1-25-19(24)22(14-7-3-2-4-8-14)17-11-10-13-6-5-9-15(16(23)12-20)18(13)21-17;1-13(22)16-10-6-7-14-11-12-17(20-18(14)16)21(19(23)24-2)15-8-4-3-5-9-15;1-22-17(21)20(13-7-3-2-4-8-13)15-11-10-12-6-5-9-14(18)16(12)19-15;16-13-8-4-5-11-9-10-14(18-15(11)13)17-12-6-2-1-3-7-12;7-4-1-2-6-5(8)3-4;1-4-6-5(2)3;1-5-2(3)4;1-2(3)4;1-2-3;/h2-11,14,26H,12-13H2,1H3,(H,25,29);2-11H,12H2,1H3;3-12H,1-2H3;2-11H,1H3;1-10H,(H,17,18);1-3H2,(H,6,8);2,4H2,1,3H3;1H3;1H3,(H,3,4);3H,2H2,1H3;1H3. The van der Waals surface area contributed by atoms with E-state index < -0.39 is 35.8 Å². The van der Waals surface area contributed by atoms with Gasteiger partial charge >= 0.3 is 29.8 Å². The minimum absolute atomic E-state index is 0. The number of amides is 6. The summed E-state index contributed by atoms with van der Waals surface area (Å²) in [5.74, 6) is 2.25. The highest BCUT2D eigenvalue weighted by molar-refractivity contribution is 9.11. The monoisotopic (exact) mass is 2200 g/mol. The summed E-state index contributed by atoms with van der Waals surface area (Å²) in [6.07, 6.45) is -0.760. The van der Waals surface area contributed by atoms with Crippen molar-refractivity contribution in [2.24, 2.45) is 0 Å². The molecule has 9 N–H and O–H groups in total. The molecule has 0 unspecified atom stereocenters. The number of aliphatic hydroxyl groups excluding tert-OH is 1. The molecule has 2 aliphatic rings. The van der Waals surface area contributed by atoms with Crippen molar-refractivity contribution >= 4 is 236 Å². The molecule has 0 radical (unpaired) electrons. The molecule has 0 atom stereocenters. The van der Waals surface area contributed by atoms with Gasteiger partial charge in [0.05, 0.1) is 116 Å². The van der Waals surface area contributed by atoms with Crippen LogP contribution in [0.4, 0.5) is 81.5 Å². The summed E-state index contributed by atoms with van der Waals surface area (Å²) in [5.41, 5.74) is 10.8. The number of ether oxygens (including phenoxy) is 6. The van der Waals surface area contributed by atoms with E-state index in [4.69, 9.17) is 43.7 Å². The van der Waals surface area contributed by atoms with Crippen LogP contribution in [-0.4, -0.2) is 172 Å². The number of fused-ring (bicyclic) bond motifs is 6. The molecule has 33 nitrogen and oxygen atoms in total. The fraction of sp³-hybridized carbons (Fsp3) is 0.164. The number of carboxylic acids is 1. The molecular formula is C110H108Br3ClN14O19. The molecule has 0 saturated carbocycles. The zero-order valence-electron chi connectivity index (χ0n) is 81.9. The Morgan fingerprint density at radius 2 is 0.782 bits per heavy atom. The Labute approximate surface area is 878 Å². The molecule has 6 amide bonds. The van der Waals surface area contributed by atoms with Crippen molar-refractivity contribution in [1.82, 2.24) is 46.7 Å². The number of carboxylic acid groups (broad SMARTS) is 1. The lowest BCUT2D eigenvalue weighted by molar-refractivity contribution is -0.134. The van der Waals surface area contributed by atoms with E-state index >= 15 is 0 Å². The second-order valence-corrected chi connectivity index (χ2v) is 33.2. The first-order valence-corrected chi connectivity index (χ1v) is 48.1. The van der Waals surface area contributed by atoms with Crippen molar-refractivity contribution in [2.45, 2.75) is 53.9 Å². The van der Waals surface area contributed by atoms with Gasteiger partial charge in [-0.2, -0.15) is 0 Å². The topological polar surface area (TPSA) is 448 Å². The van der Waals surface area contributed by atoms with Crippen molar-refractivity contribution in [2.75, 3.05) is 92.1 Å². The predicted octanol–water partition coefficient (Wildman–Crippen LogP) is 25.4. The molecule has 16 aromatic rings. The Kier molecular flexibility index (Phi) is 46.9. The first-order chi connectivity index (χ1) is 70.4. The highest BCUT2D eigenvalue weighted by atomic mass is 79.9. The number of allylic oxidation sites excluding steroid dienone is 1. The van der Waals surface area contributed by atoms with Crippen molar-refractivity contribution in [1.29, 1.82) is 0 Å². The molecule has 1 fully saturated rings. The normalized spacial score (nSPS) is 11.0. The third-order valence-electron chi connectivity index (χ3n) is 20.4. The number of rotatable bonds is 16. The number of aromatic nitrogens is 6. The molecule has 0 bridgehead atoms. The summed E-state index contributed by atoms with van der Waals surface area (Å²) in [4.78, 5) is 157. The van der Waals surface area contributed by atoms with Gasteiger partial charge < -0.3 is 65.7 Å². The molecule has 0 aliphatic carbocycles. The largest absolute Gasteiger partial charge is 0.499 e. The number of alkyl halides is 1. The van der Waals surface area contributed by atoms with Crippen LogP contribution >= 0.6 is 59.4 Å². The van der Waals surface area contributed by atoms with Crippen molar-refractivity contribution < 1.29 is 91.4 Å². The maximum absolute atomic E-state index is 12.6. The van der Waals surface area contributed by atoms with Gasteiger partial charge in [0.15, 0.2) is 11.6 Å². The highest BCUT2D eigenvalue weighted by Gasteiger charge is 2.28. The van der Waals surface area contributed by atoms with Gasteiger partial charge in [-0.1, -0.05) is 180 Å². The number of methoxy groups -OCH3 is 5. The fourth-order valence-electron chi connectivity index (χ4n) is 14.0. The molecule has 0 spiro atoms. The van der Waals surface area contributed by atoms with Crippen molar-refractivity contribution in [3.05, 3.63) is 353 Å². The Morgan fingerprint density at radius 1 is 0.435 bits per heavy atom. The van der Waals surface area contributed by atoms with E-state index in [1.54, 1.807) is 67.6 Å². The van der Waals surface area contributed by atoms with Gasteiger partial charge in [0.25, 0.3) is 11.9 Å². The number of nitrogens with one attached hydrogen (secondary N) is 4. The molecule has 37 heteroatoms. The van der Waals surface area contributed by atoms with E-state index in [2.05, 4.69) is 124 Å². The van der Waals surface area contributed by atoms with Gasteiger partial charge in [0.2, 0.25) is 5.91 Å². The Bertz CT molecular complexity index is 7200. The van der Waals surface area contributed by atoms with Crippen LogP contribution in [0.25, 0.3) is 65.8 Å². The highest BCUT2D eigenvalue weighted by Crippen LogP contribution is 2.37. The van der Waals surface area contributed by atoms with E-state index in [0.717, 1.165) is 107 Å². The van der Waals surface area contributed by atoms with E-state index in [1.807, 2.05) is 250 Å². The Hall–Kier alpha value is -16.5. The zero-order valence-corrected chi connectivity index (χ0v) is 87.4. The average Bonchev–Trinajstić information content (AvgIpc) is 1.67. The maximum Gasteiger partial charge on any atom is 0.419 e. The lowest BCUT2D eigenvalue weighted by atomic mass is 10.1. The van der Waals surface area contributed by atoms with E-state index in [9.17, 15) is 47.9 Å². The first kappa shape index (κ1) is 116. The third kappa shape index (κ3) is 33.8. The van der Waals surface area contributed by atoms with Crippen LogP contribution in [0.2, 0.25) is 0 Å². The average molecular weight is 2210 g/mol. The van der Waals surface area contributed by atoms with Crippen LogP contribution in [0, 0.1) is 0 Å². The summed E-state index contributed by atoms with van der Waals surface area (Å²) in [6.45, 7) is 13.7. The van der Waals surface area contributed by atoms with Gasteiger partial charge in [-0.3, -0.25) is 28.8 Å². The van der Waals surface area contributed by atoms with Crippen LogP contribution in [0.3, 0.4) is 0 Å². The van der Waals surface area contributed by atoms with Crippen LogP contribution in [0.5, 0.6) is 0 Å². The molecule has 147 heavy (non-hydrogen) atoms. The number of aliphatic hydroxyl groups is 1. The minimum atomic E-state index is -0.833. The number of hydrogen-bond donors (Lipinski definition) is 7. The summed E-state index contributed by atoms with van der Waals surface area (Å²) in [7, 11) is 6.56. The van der Waals surface area contributed by atoms with Crippen LogP contribution in [0.15, 0.2) is 331 Å². The number of pyridine rings is 5. The van der Waals surface area contributed by atoms with Crippen LogP contribution in [-0.2, 0) is 49.2 Å². The van der Waals surface area contributed by atoms with Crippen LogP contribution < -0.4 is 41.7 Å². The molecule has 8 heterocycles. The minimum Gasteiger partial charge on any atom is -0.499 e. The molecule has 6 aromatic heterocycles. The zero-order chi connectivity index (χ0) is 106. The second-order valence-electron chi connectivity index (χ2n) is 30.6. The van der Waals surface area contributed by atoms with E-state index in [0.29, 0.717) is 93.3 Å². The van der Waals surface area contributed by atoms with Gasteiger partial charge in [-0.05, 0) is 211 Å². The number of para-hydroxylation sites is 10. The maximum atomic E-state index is 12.6.